The minimum Gasteiger partial charge on any atom is -0.512 e. The van der Waals surface area contributed by atoms with Gasteiger partial charge in [-0.3, -0.25) is 15.6 Å². The van der Waals surface area contributed by atoms with Crippen molar-refractivity contribution in [3.8, 4) is 0 Å². The van der Waals surface area contributed by atoms with Gasteiger partial charge in [-0.1, -0.05) is 6.92 Å². The van der Waals surface area contributed by atoms with Crippen molar-refractivity contribution in [3.63, 3.8) is 0 Å². The average molecular weight is 394 g/mol. The summed E-state index contributed by atoms with van der Waals surface area (Å²) in [4.78, 5) is 16.3. The number of carbonyl (C=O) groups is 1. The van der Waals surface area contributed by atoms with Crippen LogP contribution in [-0.4, -0.2) is 34.7 Å². The van der Waals surface area contributed by atoms with E-state index in [9.17, 15) is 9.90 Å². The van der Waals surface area contributed by atoms with Gasteiger partial charge in [0, 0.05) is 23.5 Å². The molecule has 2 heterocycles. The number of aromatic nitrogens is 1. The lowest BCUT2D eigenvalue weighted by Crippen LogP contribution is -2.39. The van der Waals surface area contributed by atoms with Gasteiger partial charge in [-0.25, -0.2) is 16.3 Å². The van der Waals surface area contributed by atoms with Gasteiger partial charge < -0.3 is 9.84 Å². The van der Waals surface area contributed by atoms with E-state index in [1.807, 2.05) is 19.2 Å². The normalized spacial score (nSPS) is 24.3. The third kappa shape index (κ3) is 4.16. The van der Waals surface area contributed by atoms with Crippen LogP contribution >= 0.6 is 11.3 Å². The summed E-state index contributed by atoms with van der Waals surface area (Å²) in [6, 6.07) is -0.0246. The molecule has 0 spiro atoms. The Bertz CT molecular complexity index is 773. The molecule has 1 fully saturated rings. The minimum atomic E-state index is -0.710. The fourth-order valence-electron chi connectivity index (χ4n) is 3.54. The lowest BCUT2D eigenvalue weighted by Gasteiger charge is -2.29. The van der Waals surface area contributed by atoms with Crippen molar-refractivity contribution in [2.75, 3.05) is 6.54 Å². The maximum atomic E-state index is 11.7. The number of nitrogens with zero attached hydrogens (tertiary/aromatic N) is 1. The summed E-state index contributed by atoms with van der Waals surface area (Å²) in [5.74, 6) is 5.90. The lowest BCUT2D eigenvalue weighted by atomic mass is 9.84. The van der Waals surface area contributed by atoms with E-state index in [0.29, 0.717) is 17.9 Å². The summed E-state index contributed by atoms with van der Waals surface area (Å²) in [5, 5.41) is 13.9. The van der Waals surface area contributed by atoms with Crippen molar-refractivity contribution in [1.82, 2.24) is 21.3 Å². The van der Waals surface area contributed by atoms with Crippen LogP contribution in [0.1, 0.15) is 49.7 Å². The monoisotopic (exact) mass is 393 g/mol. The number of ether oxygens (including phenoxy) is 1. The third-order valence-electron chi connectivity index (χ3n) is 5.07. The van der Waals surface area contributed by atoms with Gasteiger partial charge in [-0.15, -0.1) is 11.3 Å². The van der Waals surface area contributed by atoms with Gasteiger partial charge >= 0.3 is 0 Å². The molecule has 3 unspecified atom stereocenters. The quantitative estimate of drug-likeness (QED) is 0.283. The summed E-state index contributed by atoms with van der Waals surface area (Å²) in [7, 11) is 0. The Morgan fingerprint density at radius 1 is 1.56 bits per heavy atom. The Kier molecular flexibility index (Phi) is 6.15. The second-order valence-corrected chi connectivity index (χ2v) is 7.80. The van der Waals surface area contributed by atoms with Gasteiger partial charge in [-0.2, -0.15) is 0 Å². The van der Waals surface area contributed by atoms with E-state index in [-0.39, 0.29) is 18.4 Å². The number of hydrazine groups is 2. The minimum absolute atomic E-state index is 0.0246. The third-order valence-corrected chi connectivity index (χ3v) is 6.16. The Labute approximate surface area is 162 Å². The topological polar surface area (TPSA) is 122 Å². The number of carbonyl (C=O) groups excluding carboxylic acids is 1. The molecule has 1 aromatic heterocycles. The zero-order chi connectivity index (χ0) is 19.6. The first-order valence-electron chi connectivity index (χ1n) is 9.13. The zero-order valence-corrected chi connectivity index (χ0v) is 16.7. The highest BCUT2D eigenvalue weighted by Crippen LogP contribution is 2.38. The second-order valence-electron chi connectivity index (χ2n) is 6.91. The van der Waals surface area contributed by atoms with Gasteiger partial charge in [0.2, 0.25) is 0 Å². The maximum Gasteiger partial charge on any atom is 0.274 e. The molecule has 1 amide bonds. The lowest BCUT2D eigenvalue weighted by molar-refractivity contribution is -0.129. The van der Waals surface area contributed by atoms with Crippen molar-refractivity contribution in [3.05, 3.63) is 38.7 Å². The Morgan fingerprint density at radius 2 is 2.33 bits per heavy atom. The van der Waals surface area contributed by atoms with E-state index < -0.39 is 12.0 Å². The van der Waals surface area contributed by atoms with Gasteiger partial charge in [0.1, 0.15) is 11.5 Å². The van der Waals surface area contributed by atoms with E-state index in [1.54, 1.807) is 18.3 Å². The SMILES string of the molecule is CCC1=C(OC(C)C(=O)NN)CC(O)=C(C2NNCC2c2nc(C)cs2)C1. The van der Waals surface area contributed by atoms with Gasteiger partial charge in [0.15, 0.2) is 6.10 Å². The van der Waals surface area contributed by atoms with Crippen LogP contribution in [0.2, 0.25) is 0 Å². The van der Waals surface area contributed by atoms with Crippen LogP contribution in [0.4, 0.5) is 0 Å². The van der Waals surface area contributed by atoms with Gasteiger partial charge in [0.25, 0.3) is 5.91 Å². The molecule has 0 bridgehead atoms. The molecule has 1 aliphatic carbocycles. The molecule has 2 aliphatic rings. The van der Waals surface area contributed by atoms with Crippen LogP contribution in [0.15, 0.2) is 28.0 Å². The molecule has 0 aromatic carbocycles. The van der Waals surface area contributed by atoms with Crippen LogP contribution in [-0.2, 0) is 9.53 Å². The molecule has 148 valence electrons. The van der Waals surface area contributed by atoms with Crippen LogP contribution in [0.3, 0.4) is 0 Å². The van der Waals surface area contributed by atoms with Crippen molar-refractivity contribution in [1.29, 1.82) is 0 Å². The molecular formula is C18H27N5O3S. The van der Waals surface area contributed by atoms with Gasteiger partial charge in [-0.05, 0) is 37.8 Å². The highest BCUT2D eigenvalue weighted by Gasteiger charge is 2.37. The number of hydrogen-bond acceptors (Lipinski definition) is 8. The van der Waals surface area contributed by atoms with Crippen molar-refractivity contribution in [2.45, 2.75) is 58.1 Å². The number of thiazole rings is 1. The van der Waals surface area contributed by atoms with Crippen LogP contribution in [0, 0.1) is 6.92 Å². The van der Waals surface area contributed by atoms with Crippen LogP contribution < -0.4 is 22.1 Å². The molecule has 0 saturated carbocycles. The Balaban J connectivity index is 1.79. The van der Waals surface area contributed by atoms with E-state index in [4.69, 9.17) is 10.6 Å². The molecule has 3 rings (SSSR count). The summed E-state index contributed by atoms with van der Waals surface area (Å²) in [6.07, 6.45) is 0.958. The second kappa shape index (κ2) is 8.39. The molecule has 0 radical (unpaired) electrons. The number of nitrogens with two attached hydrogens (primary N) is 1. The van der Waals surface area contributed by atoms with Crippen LogP contribution in [0.25, 0.3) is 0 Å². The summed E-state index contributed by atoms with van der Waals surface area (Å²) in [5.41, 5.74) is 11.6. The highest BCUT2D eigenvalue weighted by atomic mass is 32.1. The first-order valence-corrected chi connectivity index (χ1v) is 10.0. The number of hydrogen-bond donors (Lipinski definition) is 5. The number of allylic oxidation sites excluding steroid dienone is 1. The number of aliphatic hydroxyl groups excluding tert-OH is 1. The molecule has 1 saturated heterocycles. The van der Waals surface area contributed by atoms with Crippen molar-refractivity contribution >= 4 is 17.2 Å². The number of amides is 1. The summed E-state index contributed by atoms with van der Waals surface area (Å²) >= 11 is 1.65. The van der Waals surface area contributed by atoms with Crippen molar-refractivity contribution < 1.29 is 14.6 Å². The molecule has 3 atom stereocenters. The fraction of sp³-hybridized carbons (Fsp3) is 0.556. The molecule has 1 aromatic rings. The molecular weight excluding hydrogens is 366 g/mol. The van der Waals surface area contributed by atoms with E-state index in [2.05, 4.69) is 21.3 Å². The average Bonchev–Trinajstić information content (AvgIpc) is 3.29. The first kappa shape index (κ1) is 19.8. The van der Waals surface area contributed by atoms with E-state index >= 15 is 0 Å². The molecule has 27 heavy (non-hydrogen) atoms. The van der Waals surface area contributed by atoms with E-state index in [1.165, 1.54) is 0 Å². The number of rotatable bonds is 6. The predicted molar refractivity (Wildman–Crippen MR) is 104 cm³/mol. The molecule has 9 heteroatoms. The standard InChI is InChI=1S/C18H27N5O3S/c1-4-11-5-12(14(24)6-15(11)26-10(3)17(25)22-19)16-13(7-20-23-16)18-21-9(2)8-27-18/h8,10,13,16,20,23-24H,4-7,19H2,1-3H3,(H,22,25). The molecule has 6 N–H and O–H groups in total. The summed E-state index contributed by atoms with van der Waals surface area (Å²) < 4.78 is 5.79. The fourth-order valence-corrected chi connectivity index (χ4v) is 4.48. The predicted octanol–water partition coefficient (Wildman–Crippen LogP) is 1.68. The smallest absolute Gasteiger partial charge is 0.274 e. The van der Waals surface area contributed by atoms with E-state index in [0.717, 1.165) is 34.8 Å². The van der Waals surface area contributed by atoms with Gasteiger partial charge in [0.05, 0.1) is 17.5 Å². The summed E-state index contributed by atoms with van der Waals surface area (Å²) in [6.45, 7) is 6.44. The molecule has 8 nitrogen and oxygen atoms in total. The Hall–Kier alpha value is -1.94. The van der Waals surface area contributed by atoms with Crippen LogP contribution in [0.5, 0.6) is 0 Å². The highest BCUT2D eigenvalue weighted by molar-refractivity contribution is 7.09. The number of nitrogens with one attached hydrogen (secondary N) is 3. The Morgan fingerprint density at radius 3 is 2.96 bits per heavy atom. The molecule has 1 aliphatic heterocycles. The van der Waals surface area contributed by atoms with Crippen molar-refractivity contribution in [2.24, 2.45) is 5.84 Å². The zero-order valence-electron chi connectivity index (χ0n) is 15.8. The number of aryl methyl sites for hydroxylation is 1. The first-order chi connectivity index (χ1) is 12.9. The maximum absolute atomic E-state index is 11.7. The number of aliphatic hydroxyl groups is 1. The largest absolute Gasteiger partial charge is 0.512 e.